The largest absolute Gasteiger partial charge is 0.497 e. The van der Waals surface area contributed by atoms with Crippen molar-refractivity contribution in [3.8, 4) is 11.5 Å². The molecule has 0 heterocycles. The summed E-state index contributed by atoms with van der Waals surface area (Å²) in [5.41, 5.74) is 1.45. The summed E-state index contributed by atoms with van der Waals surface area (Å²) in [5, 5.41) is 2.89. The van der Waals surface area contributed by atoms with Crippen LogP contribution in [0.5, 0.6) is 11.5 Å². The molecule has 1 N–H and O–H groups in total. The summed E-state index contributed by atoms with van der Waals surface area (Å²) in [4.78, 5) is 12.2. The fourth-order valence-electron chi connectivity index (χ4n) is 2.38. The fraction of sp³-hybridized carbons (Fsp3) is 0.278. The van der Waals surface area contributed by atoms with Gasteiger partial charge in [-0.15, -0.1) is 0 Å². The normalized spacial score (nSPS) is 11.7. The Morgan fingerprint density at radius 1 is 1.17 bits per heavy atom. The highest BCUT2D eigenvalue weighted by molar-refractivity contribution is 5.79. The number of rotatable bonds is 6. The SMILES string of the molecule is COc1ccc(OC)c(C(C)NC(=O)Cc2cccc(F)c2)c1. The van der Waals surface area contributed by atoms with E-state index in [9.17, 15) is 9.18 Å². The number of nitrogens with one attached hydrogen (secondary N) is 1. The lowest BCUT2D eigenvalue weighted by molar-refractivity contribution is -0.121. The molecule has 2 aromatic carbocycles. The lowest BCUT2D eigenvalue weighted by atomic mass is 10.1. The van der Waals surface area contributed by atoms with Crippen molar-refractivity contribution < 1.29 is 18.7 Å². The zero-order valence-electron chi connectivity index (χ0n) is 13.4. The minimum atomic E-state index is -0.349. The third kappa shape index (κ3) is 4.45. The van der Waals surface area contributed by atoms with E-state index in [4.69, 9.17) is 9.47 Å². The van der Waals surface area contributed by atoms with Gasteiger partial charge in [0.1, 0.15) is 17.3 Å². The van der Waals surface area contributed by atoms with Crippen LogP contribution in [0.25, 0.3) is 0 Å². The van der Waals surface area contributed by atoms with Crippen molar-refractivity contribution in [2.24, 2.45) is 0 Å². The number of amides is 1. The van der Waals surface area contributed by atoms with Gasteiger partial charge >= 0.3 is 0 Å². The molecule has 2 aromatic rings. The Kier molecular flexibility index (Phi) is 5.57. The van der Waals surface area contributed by atoms with Gasteiger partial charge in [-0.2, -0.15) is 0 Å². The van der Waals surface area contributed by atoms with Crippen LogP contribution in [0.3, 0.4) is 0 Å². The Morgan fingerprint density at radius 3 is 2.61 bits per heavy atom. The average Bonchev–Trinajstić information content (AvgIpc) is 2.54. The monoisotopic (exact) mass is 317 g/mol. The van der Waals surface area contributed by atoms with E-state index in [-0.39, 0.29) is 24.2 Å². The van der Waals surface area contributed by atoms with Crippen LogP contribution in [0, 0.1) is 5.82 Å². The van der Waals surface area contributed by atoms with Crippen LogP contribution >= 0.6 is 0 Å². The van der Waals surface area contributed by atoms with Gasteiger partial charge in [-0.1, -0.05) is 12.1 Å². The summed E-state index contributed by atoms with van der Waals surface area (Å²) < 4.78 is 23.7. The van der Waals surface area contributed by atoms with E-state index < -0.39 is 0 Å². The Balaban J connectivity index is 2.09. The van der Waals surface area contributed by atoms with Gasteiger partial charge in [0, 0.05) is 5.56 Å². The summed E-state index contributed by atoms with van der Waals surface area (Å²) >= 11 is 0. The summed E-state index contributed by atoms with van der Waals surface area (Å²) in [5.74, 6) is 0.821. The molecule has 2 rings (SSSR count). The van der Waals surface area contributed by atoms with Gasteiger partial charge in [-0.25, -0.2) is 4.39 Å². The van der Waals surface area contributed by atoms with E-state index in [1.807, 2.05) is 13.0 Å². The third-order valence-electron chi connectivity index (χ3n) is 3.53. The molecule has 0 saturated heterocycles. The topological polar surface area (TPSA) is 47.6 Å². The first-order valence-corrected chi connectivity index (χ1v) is 7.29. The molecule has 0 saturated carbocycles. The number of halogens is 1. The Labute approximate surface area is 135 Å². The molecule has 0 aliphatic carbocycles. The zero-order chi connectivity index (χ0) is 16.8. The second kappa shape index (κ2) is 7.63. The predicted molar refractivity (Wildman–Crippen MR) is 86.2 cm³/mol. The molecular weight excluding hydrogens is 297 g/mol. The number of carbonyl (C=O) groups is 1. The van der Waals surface area contributed by atoms with Crippen LogP contribution in [-0.2, 0) is 11.2 Å². The van der Waals surface area contributed by atoms with Crippen LogP contribution in [0.2, 0.25) is 0 Å². The maximum atomic E-state index is 13.2. The van der Waals surface area contributed by atoms with Crippen molar-refractivity contribution in [1.82, 2.24) is 5.32 Å². The Bertz CT molecular complexity index is 688. The molecule has 0 radical (unpaired) electrons. The minimum Gasteiger partial charge on any atom is -0.497 e. The number of hydrogen-bond donors (Lipinski definition) is 1. The van der Waals surface area contributed by atoms with Gasteiger partial charge in [0.25, 0.3) is 0 Å². The lowest BCUT2D eigenvalue weighted by Crippen LogP contribution is -2.28. The summed E-state index contributed by atoms with van der Waals surface area (Å²) in [7, 11) is 3.16. The maximum absolute atomic E-state index is 13.2. The predicted octanol–water partition coefficient (Wildman–Crippen LogP) is 3.26. The van der Waals surface area contributed by atoms with Crippen molar-refractivity contribution in [2.75, 3.05) is 14.2 Å². The van der Waals surface area contributed by atoms with Crippen molar-refractivity contribution in [3.63, 3.8) is 0 Å². The molecule has 4 nitrogen and oxygen atoms in total. The highest BCUT2D eigenvalue weighted by Gasteiger charge is 2.15. The maximum Gasteiger partial charge on any atom is 0.224 e. The molecule has 1 atom stereocenters. The summed E-state index contributed by atoms with van der Waals surface area (Å²) in [6.07, 6.45) is 0.119. The van der Waals surface area contributed by atoms with E-state index in [0.29, 0.717) is 17.1 Å². The smallest absolute Gasteiger partial charge is 0.224 e. The number of hydrogen-bond acceptors (Lipinski definition) is 3. The van der Waals surface area contributed by atoms with Crippen LogP contribution in [0.15, 0.2) is 42.5 Å². The second-order valence-corrected chi connectivity index (χ2v) is 5.20. The van der Waals surface area contributed by atoms with Crippen molar-refractivity contribution in [2.45, 2.75) is 19.4 Å². The quantitative estimate of drug-likeness (QED) is 0.889. The van der Waals surface area contributed by atoms with Crippen LogP contribution < -0.4 is 14.8 Å². The van der Waals surface area contributed by atoms with Gasteiger partial charge in [0.2, 0.25) is 5.91 Å². The first-order valence-electron chi connectivity index (χ1n) is 7.29. The average molecular weight is 317 g/mol. The molecule has 0 bridgehead atoms. The highest BCUT2D eigenvalue weighted by atomic mass is 19.1. The van der Waals surface area contributed by atoms with E-state index in [1.54, 1.807) is 38.5 Å². The third-order valence-corrected chi connectivity index (χ3v) is 3.53. The highest BCUT2D eigenvalue weighted by Crippen LogP contribution is 2.29. The molecule has 0 aliphatic heterocycles. The standard InChI is InChI=1S/C18H20FNO3/c1-12(16-11-15(22-2)7-8-17(16)23-3)20-18(21)10-13-5-4-6-14(19)9-13/h4-9,11-12H,10H2,1-3H3,(H,20,21). The van der Waals surface area contributed by atoms with E-state index in [0.717, 1.165) is 5.56 Å². The molecule has 0 aromatic heterocycles. The van der Waals surface area contributed by atoms with Gasteiger partial charge in [0.05, 0.1) is 26.7 Å². The van der Waals surface area contributed by atoms with Crippen LogP contribution in [0.4, 0.5) is 4.39 Å². The van der Waals surface area contributed by atoms with Gasteiger partial charge in [0.15, 0.2) is 0 Å². The first-order chi connectivity index (χ1) is 11.0. The fourth-order valence-corrected chi connectivity index (χ4v) is 2.38. The number of ether oxygens (including phenoxy) is 2. The van der Waals surface area contributed by atoms with Gasteiger partial charge < -0.3 is 14.8 Å². The van der Waals surface area contributed by atoms with Crippen LogP contribution in [-0.4, -0.2) is 20.1 Å². The van der Waals surface area contributed by atoms with Crippen molar-refractivity contribution in [1.29, 1.82) is 0 Å². The molecule has 0 fully saturated rings. The molecular formula is C18H20FNO3. The molecule has 122 valence electrons. The number of carbonyl (C=O) groups excluding carboxylic acids is 1. The second-order valence-electron chi connectivity index (χ2n) is 5.20. The number of benzene rings is 2. The molecule has 5 heteroatoms. The molecule has 23 heavy (non-hydrogen) atoms. The molecule has 1 amide bonds. The molecule has 1 unspecified atom stereocenters. The van der Waals surface area contributed by atoms with Crippen molar-refractivity contribution in [3.05, 3.63) is 59.4 Å². The van der Waals surface area contributed by atoms with Gasteiger partial charge in [-0.3, -0.25) is 4.79 Å². The molecule has 0 aliphatic rings. The van der Waals surface area contributed by atoms with Crippen LogP contribution in [0.1, 0.15) is 24.1 Å². The summed E-state index contributed by atoms with van der Waals surface area (Å²) in [6, 6.07) is 11.2. The van der Waals surface area contributed by atoms with E-state index in [1.165, 1.54) is 12.1 Å². The lowest BCUT2D eigenvalue weighted by Gasteiger charge is -2.18. The molecule has 0 spiro atoms. The van der Waals surface area contributed by atoms with E-state index in [2.05, 4.69) is 5.32 Å². The number of methoxy groups -OCH3 is 2. The first kappa shape index (κ1) is 16.8. The van der Waals surface area contributed by atoms with E-state index >= 15 is 0 Å². The minimum absolute atomic E-state index is 0.119. The van der Waals surface area contributed by atoms with Gasteiger partial charge in [-0.05, 0) is 42.8 Å². The Hall–Kier alpha value is -2.56. The van der Waals surface area contributed by atoms with Crippen molar-refractivity contribution >= 4 is 5.91 Å². The Morgan fingerprint density at radius 2 is 1.96 bits per heavy atom. The zero-order valence-corrected chi connectivity index (χ0v) is 13.4. The summed E-state index contributed by atoms with van der Waals surface area (Å²) in [6.45, 7) is 1.86.